The Labute approximate surface area is 111 Å². The van der Waals surface area contributed by atoms with Gasteiger partial charge in [0.15, 0.2) is 5.12 Å². The SMILES string of the molecule is CC(=O)SCC1CC(=O)N(c2ccc(C)nc2)C1. The minimum Gasteiger partial charge on any atom is -0.311 e. The summed E-state index contributed by atoms with van der Waals surface area (Å²) in [7, 11) is 0. The van der Waals surface area contributed by atoms with Crippen LogP contribution < -0.4 is 4.90 Å². The van der Waals surface area contributed by atoms with Gasteiger partial charge in [0.1, 0.15) is 0 Å². The van der Waals surface area contributed by atoms with Gasteiger partial charge in [-0.1, -0.05) is 11.8 Å². The van der Waals surface area contributed by atoms with E-state index in [2.05, 4.69) is 4.98 Å². The molecule has 0 aromatic carbocycles. The van der Waals surface area contributed by atoms with Crippen LogP contribution in [0.2, 0.25) is 0 Å². The van der Waals surface area contributed by atoms with Crippen LogP contribution in [0.25, 0.3) is 0 Å². The smallest absolute Gasteiger partial charge is 0.227 e. The molecule has 0 aliphatic carbocycles. The van der Waals surface area contributed by atoms with Crippen molar-refractivity contribution in [2.24, 2.45) is 5.92 Å². The van der Waals surface area contributed by atoms with E-state index in [4.69, 9.17) is 0 Å². The van der Waals surface area contributed by atoms with E-state index >= 15 is 0 Å². The quantitative estimate of drug-likeness (QED) is 0.838. The molecule has 1 aliphatic heterocycles. The molecule has 96 valence electrons. The summed E-state index contributed by atoms with van der Waals surface area (Å²) in [5, 5.41) is 0.109. The monoisotopic (exact) mass is 264 g/mol. The van der Waals surface area contributed by atoms with Gasteiger partial charge in [-0.15, -0.1) is 0 Å². The number of carbonyl (C=O) groups excluding carboxylic acids is 2. The second-order valence-corrected chi connectivity index (χ2v) is 5.73. The number of thioether (sulfide) groups is 1. The first-order chi connectivity index (χ1) is 8.56. The third-order valence-electron chi connectivity index (χ3n) is 2.93. The fraction of sp³-hybridized carbons (Fsp3) is 0.462. The molecule has 0 saturated carbocycles. The summed E-state index contributed by atoms with van der Waals surface area (Å²) in [5.41, 5.74) is 1.79. The molecule has 1 atom stereocenters. The minimum atomic E-state index is 0.109. The average molecular weight is 264 g/mol. The fourth-order valence-electron chi connectivity index (χ4n) is 2.00. The summed E-state index contributed by atoms with van der Waals surface area (Å²) in [6.07, 6.45) is 2.25. The van der Waals surface area contributed by atoms with Gasteiger partial charge in [-0.3, -0.25) is 14.6 Å². The maximum atomic E-state index is 11.9. The van der Waals surface area contributed by atoms with E-state index in [1.807, 2.05) is 19.1 Å². The molecule has 0 bridgehead atoms. The lowest BCUT2D eigenvalue weighted by atomic mass is 10.1. The summed E-state index contributed by atoms with van der Waals surface area (Å²) < 4.78 is 0. The van der Waals surface area contributed by atoms with Gasteiger partial charge >= 0.3 is 0 Å². The molecule has 5 heteroatoms. The molecule has 1 saturated heterocycles. The van der Waals surface area contributed by atoms with E-state index in [0.29, 0.717) is 13.0 Å². The van der Waals surface area contributed by atoms with E-state index in [0.717, 1.165) is 17.1 Å². The van der Waals surface area contributed by atoms with Gasteiger partial charge in [0.25, 0.3) is 0 Å². The maximum absolute atomic E-state index is 11.9. The normalized spacial score (nSPS) is 19.3. The van der Waals surface area contributed by atoms with E-state index in [9.17, 15) is 9.59 Å². The summed E-state index contributed by atoms with van der Waals surface area (Å²) in [5.74, 6) is 1.10. The largest absolute Gasteiger partial charge is 0.311 e. The predicted molar refractivity (Wildman–Crippen MR) is 72.6 cm³/mol. The zero-order valence-corrected chi connectivity index (χ0v) is 11.4. The van der Waals surface area contributed by atoms with Gasteiger partial charge in [0, 0.05) is 31.3 Å². The van der Waals surface area contributed by atoms with Gasteiger partial charge in [-0.05, 0) is 25.0 Å². The van der Waals surface area contributed by atoms with Crippen molar-refractivity contribution in [2.75, 3.05) is 17.2 Å². The van der Waals surface area contributed by atoms with Crippen molar-refractivity contribution in [3.8, 4) is 0 Å². The summed E-state index contributed by atoms with van der Waals surface area (Å²) in [6.45, 7) is 4.16. The average Bonchev–Trinajstić information content (AvgIpc) is 2.69. The molecule has 0 spiro atoms. The Morgan fingerprint density at radius 2 is 2.33 bits per heavy atom. The Morgan fingerprint density at radius 1 is 1.56 bits per heavy atom. The van der Waals surface area contributed by atoms with E-state index in [-0.39, 0.29) is 16.9 Å². The minimum absolute atomic E-state index is 0.109. The lowest BCUT2D eigenvalue weighted by molar-refractivity contribution is -0.117. The maximum Gasteiger partial charge on any atom is 0.227 e. The number of rotatable bonds is 3. The van der Waals surface area contributed by atoms with Gasteiger partial charge < -0.3 is 4.90 Å². The Bertz CT molecular complexity index is 459. The van der Waals surface area contributed by atoms with Crippen molar-refractivity contribution in [3.63, 3.8) is 0 Å². The lowest BCUT2D eigenvalue weighted by Crippen LogP contribution is -2.24. The molecule has 0 radical (unpaired) electrons. The number of amides is 1. The van der Waals surface area contributed by atoms with Crippen LogP contribution in [0.5, 0.6) is 0 Å². The number of anilines is 1. The topological polar surface area (TPSA) is 50.3 Å². The molecular weight excluding hydrogens is 248 g/mol. The third-order valence-corrected chi connectivity index (χ3v) is 3.98. The Morgan fingerprint density at radius 3 is 2.94 bits per heavy atom. The molecule has 1 aromatic heterocycles. The van der Waals surface area contributed by atoms with Crippen LogP contribution in [-0.4, -0.2) is 28.3 Å². The van der Waals surface area contributed by atoms with Crippen molar-refractivity contribution in [2.45, 2.75) is 20.3 Å². The number of aromatic nitrogens is 1. The molecule has 2 rings (SSSR count). The Balaban J connectivity index is 2.00. The Hall–Kier alpha value is -1.36. The van der Waals surface area contributed by atoms with Crippen molar-refractivity contribution < 1.29 is 9.59 Å². The first-order valence-corrected chi connectivity index (χ1v) is 6.91. The number of pyridine rings is 1. The number of aryl methyl sites for hydroxylation is 1. The molecule has 1 aromatic rings. The first kappa shape index (κ1) is 13.1. The number of carbonyl (C=O) groups is 2. The summed E-state index contributed by atoms with van der Waals surface area (Å²) >= 11 is 1.30. The third kappa shape index (κ3) is 3.10. The van der Waals surface area contributed by atoms with Gasteiger partial charge in [-0.2, -0.15) is 0 Å². The predicted octanol–water partition coefficient (Wildman–Crippen LogP) is 2.02. The highest BCUT2D eigenvalue weighted by atomic mass is 32.2. The van der Waals surface area contributed by atoms with Crippen molar-refractivity contribution in [3.05, 3.63) is 24.0 Å². The van der Waals surface area contributed by atoms with Crippen LogP contribution in [-0.2, 0) is 9.59 Å². The van der Waals surface area contributed by atoms with Gasteiger partial charge in [-0.25, -0.2) is 0 Å². The van der Waals surface area contributed by atoms with E-state index < -0.39 is 0 Å². The van der Waals surface area contributed by atoms with Crippen LogP contribution in [0.3, 0.4) is 0 Å². The zero-order chi connectivity index (χ0) is 13.1. The van der Waals surface area contributed by atoms with Gasteiger partial charge in [0.05, 0.1) is 11.9 Å². The van der Waals surface area contributed by atoms with Crippen molar-refractivity contribution in [1.82, 2.24) is 4.98 Å². The molecule has 1 amide bonds. The standard InChI is InChI=1S/C13H16N2O2S/c1-9-3-4-12(6-14-9)15-7-11(5-13(15)17)8-18-10(2)16/h3-4,6,11H,5,7-8H2,1-2H3. The molecular formula is C13H16N2O2S. The molecule has 2 heterocycles. The Kier molecular flexibility index (Phi) is 4.01. The number of hydrogen-bond acceptors (Lipinski definition) is 4. The highest BCUT2D eigenvalue weighted by Crippen LogP contribution is 2.26. The van der Waals surface area contributed by atoms with Crippen LogP contribution in [0.15, 0.2) is 18.3 Å². The highest BCUT2D eigenvalue weighted by Gasteiger charge is 2.30. The van der Waals surface area contributed by atoms with Gasteiger partial charge in [0.2, 0.25) is 5.91 Å². The highest BCUT2D eigenvalue weighted by molar-refractivity contribution is 8.13. The number of nitrogens with zero attached hydrogens (tertiary/aromatic N) is 2. The van der Waals surface area contributed by atoms with Crippen molar-refractivity contribution >= 4 is 28.5 Å². The fourth-order valence-corrected chi connectivity index (χ4v) is 2.69. The lowest BCUT2D eigenvalue weighted by Gasteiger charge is -2.16. The molecule has 1 fully saturated rings. The molecule has 18 heavy (non-hydrogen) atoms. The second-order valence-electron chi connectivity index (χ2n) is 4.53. The van der Waals surface area contributed by atoms with Crippen LogP contribution >= 0.6 is 11.8 Å². The zero-order valence-electron chi connectivity index (χ0n) is 10.5. The summed E-state index contributed by atoms with van der Waals surface area (Å²) in [4.78, 5) is 28.8. The molecule has 1 unspecified atom stereocenters. The second kappa shape index (κ2) is 5.52. The first-order valence-electron chi connectivity index (χ1n) is 5.92. The molecule has 1 aliphatic rings. The van der Waals surface area contributed by atoms with Crippen LogP contribution in [0.1, 0.15) is 19.0 Å². The van der Waals surface area contributed by atoms with Crippen molar-refractivity contribution in [1.29, 1.82) is 0 Å². The summed E-state index contributed by atoms with van der Waals surface area (Å²) in [6, 6.07) is 3.82. The van der Waals surface area contributed by atoms with Crippen LogP contribution in [0, 0.1) is 12.8 Å². The molecule has 4 nitrogen and oxygen atoms in total. The van der Waals surface area contributed by atoms with E-state index in [1.54, 1.807) is 18.0 Å². The molecule has 0 N–H and O–H groups in total. The van der Waals surface area contributed by atoms with Crippen LogP contribution in [0.4, 0.5) is 5.69 Å². The number of hydrogen-bond donors (Lipinski definition) is 0. The van der Waals surface area contributed by atoms with E-state index in [1.165, 1.54) is 11.8 Å².